The number of ketones is 1. The number of hydrogen-bond acceptors (Lipinski definition) is 7. The van der Waals surface area contributed by atoms with Gasteiger partial charge in [0.15, 0.2) is 5.78 Å². The number of rotatable bonds is 8. The molecule has 7 heteroatoms. The third kappa shape index (κ3) is 4.43. The van der Waals surface area contributed by atoms with Crippen LogP contribution in [0.25, 0.3) is 0 Å². The predicted molar refractivity (Wildman–Crippen MR) is 98.1 cm³/mol. The summed E-state index contributed by atoms with van der Waals surface area (Å²) in [6, 6.07) is 14.8. The fourth-order valence-electron chi connectivity index (χ4n) is 2.37. The Hall–Kier alpha value is -2.80. The Balaban J connectivity index is 1.58. The lowest BCUT2D eigenvalue weighted by molar-refractivity contribution is 0.101. The molecule has 3 aromatic rings. The van der Waals surface area contributed by atoms with Crippen LogP contribution in [0.3, 0.4) is 0 Å². The van der Waals surface area contributed by atoms with Crippen LogP contribution in [-0.4, -0.2) is 36.0 Å². The van der Waals surface area contributed by atoms with Crippen molar-refractivity contribution in [1.29, 1.82) is 0 Å². The van der Waals surface area contributed by atoms with Gasteiger partial charge in [0.05, 0.1) is 32.0 Å². The van der Waals surface area contributed by atoms with Gasteiger partial charge in [-0.1, -0.05) is 36.0 Å². The Labute approximate surface area is 155 Å². The van der Waals surface area contributed by atoms with Gasteiger partial charge in [0.25, 0.3) is 5.22 Å². The SMILES string of the molecule is COc1ccc(Cc2nnc(SCC(=O)c3ccccc3OC)o2)cc1. The van der Waals surface area contributed by atoms with Crippen molar-refractivity contribution < 1.29 is 18.7 Å². The lowest BCUT2D eigenvalue weighted by atomic mass is 10.1. The van der Waals surface area contributed by atoms with Crippen molar-refractivity contribution in [3.8, 4) is 11.5 Å². The molecule has 0 unspecified atom stereocenters. The summed E-state index contributed by atoms with van der Waals surface area (Å²) in [5.41, 5.74) is 1.58. The van der Waals surface area contributed by atoms with E-state index in [1.807, 2.05) is 30.3 Å². The van der Waals surface area contributed by atoms with Crippen molar-refractivity contribution in [1.82, 2.24) is 10.2 Å². The van der Waals surface area contributed by atoms with Crippen molar-refractivity contribution in [3.05, 3.63) is 65.5 Å². The maximum absolute atomic E-state index is 12.4. The normalized spacial score (nSPS) is 10.5. The molecule has 1 heterocycles. The second kappa shape index (κ2) is 8.53. The molecule has 0 aliphatic heterocycles. The molecule has 0 aliphatic rings. The second-order valence-electron chi connectivity index (χ2n) is 5.40. The Kier molecular flexibility index (Phi) is 5.91. The zero-order valence-corrected chi connectivity index (χ0v) is 15.3. The summed E-state index contributed by atoms with van der Waals surface area (Å²) in [6.45, 7) is 0. The highest BCUT2D eigenvalue weighted by Crippen LogP contribution is 2.23. The molecule has 0 N–H and O–H groups in total. The van der Waals surface area contributed by atoms with E-state index in [-0.39, 0.29) is 11.5 Å². The summed E-state index contributed by atoms with van der Waals surface area (Å²) in [7, 11) is 3.17. The van der Waals surface area contributed by atoms with Crippen LogP contribution in [0.2, 0.25) is 0 Å². The van der Waals surface area contributed by atoms with Crippen molar-refractivity contribution in [2.45, 2.75) is 11.6 Å². The van der Waals surface area contributed by atoms with Gasteiger partial charge in [-0.05, 0) is 29.8 Å². The van der Waals surface area contributed by atoms with Crippen LogP contribution in [0, 0.1) is 0 Å². The Bertz CT molecular complexity index is 877. The fraction of sp³-hybridized carbons (Fsp3) is 0.211. The van der Waals surface area contributed by atoms with E-state index in [9.17, 15) is 4.79 Å². The molecule has 0 fully saturated rings. The zero-order chi connectivity index (χ0) is 18.4. The number of benzene rings is 2. The van der Waals surface area contributed by atoms with E-state index < -0.39 is 0 Å². The molecule has 0 saturated carbocycles. The zero-order valence-electron chi connectivity index (χ0n) is 14.5. The fourth-order valence-corrected chi connectivity index (χ4v) is 3.03. The van der Waals surface area contributed by atoms with Gasteiger partial charge < -0.3 is 13.9 Å². The van der Waals surface area contributed by atoms with Gasteiger partial charge in [0.2, 0.25) is 5.89 Å². The van der Waals surface area contributed by atoms with Gasteiger partial charge in [0, 0.05) is 0 Å². The van der Waals surface area contributed by atoms with Gasteiger partial charge in [-0.2, -0.15) is 0 Å². The number of nitrogens with zero attached hydrogens (tertiary/aromatic N) is 2. The van der Waals surface area contributed by atoms with E-state index >= 15 is 0 Å². The highest BCUT2D eigenvalue weighted by molar-refractivity contribution is 7.99. The van der Waals surface area contributed by atoms with Crippen LogP contribution in [0.1, 0.15) is 21.8 Å². The number of thioether (sulfide) groups is 1. The third-order valence-electron chi connectivity index (χ3n) is 3.70. The Morgan fingerprint density at radius 3 is 2.54 bits per heavy atom. The maximum atomic E-state index is 12.4. The first-order valence-corrected chi connectivity index (χ1v) is 8.92. The molecule has 26 heavy (non-hydrogen) atoms. The van der Waals surface area contributed by atoms with Crippen LogP contribution >= 0.6 is 11.8 Å². The van der Waals surface area contributed by atoms with E-state index in [2.05, 4.69) is 10.2 Å². The molecule has 0 spiro atoms. The number of hydrogen-bond donors (Lipinski definition) is 0. The molecule has 3 rings (SSSR count). The molecular formula is C19H18N2O4S. The average molecular weight is 370 g/mol. The summed E-state index contributed by atoms with van der Waals surface area (Å²) in [5.74, 6) is 2.00. The van der Waals surface area contributed by atoms with Crippen LogP contribution in [0.4, 0.5) is 0 Å². The van der Waals surface area contributed by atoms with Crippen molar-refractivity contribution in [2.75, 3.05) is 20.0 Å². The van der Waals surface area contributed by atoms with Gasteiger partial charge >= 0.3 is 0 Å². The first-order valence-electron chi connectivity index (χ1n) is 7.94. The third-order valence-corrected chi connectivity index (χ3v) is 4.52. The van der Waals surface area contributed by atoms with Crippen molar-refractivity contribution >= 4 is 17.5 Å². The van der Waals surface area contributed by atoms with E-state index in [1.54, 1.807) is 32.4 Å². The minimum atomic E-state index is -0.0534. The molecule has 0 bridgehead atoms. The smallest absolute Gasteiger partial charge is 0.277 e. The number of methoxy groups -OCH3 is 2. The molecule has 0 saturated heterocycles. The highest BCUT2D eigenvalue weighted by atomic mass is 32.2. The minimum absolute atomic E-state index is 0.0534. The molecule has 0 radical (unpaired) electrons. The first kappa shape index (κ1) is 18.0. The van der Waals surface area contributed by atoms with E-state index in [0.29, 0.717) is 28.8 Å². The number of carbonyl (C=O) groups excluding carboxylic acids is 1. The molecule has 1 aromatic heterocycles. The quantitative estimate of drug-likeness (QED) is 0.442. The van der Waals surface area contributed by atoms with Crippen LogP contribution in [0.5, 0.6) is 11.5 Å². The minimum Gasteiger partial charge on any atom is -0.497 e. The first-order chi connectivity index (χ1) is 12.7. The van der Waals surface area contributed by atoms with Gasteiger partial charge in [-0.3, -0.25) is 4.79 Å². The average Bonchev–Trinajstić information content (AvgIpc) is 3.14. The second-order valence-corrected chi connectivity index (χ2v) is 6.33. The predicted octanol–water partition coefficient (Wildman–Crippen LogP) is 3.65. The number of ether oxygens (including phenoxy) is 2. The summed E-state index contributed by atoms with van der Waals surface area (Å²) < 4.78 is 16.0. The Morgan fingerprint density at radius 2 is 1.81 bits per heavy atom. The van der Waals surface area contributed by atoms with Crippen molar-refractivity contribution in [2.24, 2.45) is 0 Å². The van der Waals surface area contributed by atoms with Crippen LogP contribution in [-0.2, 0) is 6.42 Å². The van der Waals surface area contributed by atoms with Crippen LogP contribution < -0.4 is 9.47 Å². The van der Waals surface area contributed by atoms with Crippen molar-refractivity contribution in [3.63, 3.8) is 0 Å². The lowest BCUT2D eigenvalue weighted by Gasteiger charge is -2.05. The summed E-state index contributed by atoms with van der Waals surface area (Å²) in [4.78, 5) is 12.4. The maximum Gasteiger partial charge on any atom is 0.277 e. The molecular weight excluding hydrogens is 352 g/mol. The topological polar surface area (TPSA) is 74.5 Å². The van der Waals surface area contributed by atoms with Gasteiger partial charge in [0.1, 0.15) is 11.5 Å². The van der Waals surface area contributed by atoms with Gasteiger partial charge in [-0.25, -0.2) is 0 Å². The molecule has 0 aliphatic carbocycles. The van der Waals surface area contributed by atoms with E-state index in [0.717, 1.165) is 11.3 Å². The van der Waals surface area contributed by atoms with Crippen LogP contribution in [0.15, 0.2) is 58.2 Å². The van der Waals surface area contributed by atoms with Gasteiger partial charge in [-0.15, -0.1) is 10.2 Å². The molecule has 134 valence electrons. The number of carbonyl (C=O) groups is 1. The number of para-hydroxylation sites is 1. The Morgan fingerprint density at radius 1 is 1.04 bits per heavy atom. The molecule has 0 atom stereocenters. The number of Topliss-reactive ketones (excluding diaryl/α,β-unsaturated/α-hetero) is 1. The monoisotopic (exact) mass is 370 g/mol. The summed E-state index contributed by atoms with van der Waals surface area (Å²) >= 11 is 1.21. The van der Waals surface area contributed by atoms with E-state index in [1.165, 1.54) is 11.8 Å². The lowest BCUT2D eigenvalue weighted by Crippen LogP contribution is -2.04. The molecule has 0 amide bonds. The summed E-state index contributed by atoms with van der Waals surface area (Å²) in [6.07, 6.45) is 0.526. The molecule has 2 aromatic carbocycles. The standard InChI is InChI=1S/C19H18N2O4S/c1-23-14-9-7-13(8-10-14)11-18-20-21-19(25-18)26-12-16(22)15-5-3-4-6-17(15)24-2/h3-10H,11-12H2,1-2H3. The molecule has 6 nitrogen and oxygen atoms in total. The largest absolute Gasteiger partial charge is 0.497 e. The van der Waals surface area contributed by atoms with E-state index in [4.69, 9.17) is 13.9 Å². The highest BCUT2D eigenvalue weighted by Gasteiger charge is 2.14. The number of aromatic nitrogens is 2. The summed E-state index contributed by atoms with van der Waals surface area (Å²) in [5, 5.41) is 8.40.